The first kappa shape index (κ1) is 34.5. The summed E-state index contributed by atoms with van der Waals surface area (Å²) in [5.74, 6) is -1.36. The number of nitrogens with one attached hydrogen (secondary N) is 1. The van der Waals surface area contributed by atoms with Crippen LogP contribution in [0.4, 0.5) is 9.57 Å². The maximum Gasteiger partial charge on any atom is 0.332 e. The number of sulfone groups is 1. The zero-order valence-corrected chi connectivity index (χ0v) is 26.6. The van der Waals surface area contributed by atoms with E-state index >= 15 is 0 Å². The standard InChI is InChI=1S/C33H44FNO6S2/c1-2-3-4-5-6-7-8-9-10-11-12-13-14-17-24-42(38,39)31-23-21-27(43(34,40)41)25-30(31)35-33(37)29-22-20-26-18-15-16-19-28(26)32(29)36/h15-16,18-23,25,36H,2-14,17,24H2,1H3,(H,35,37). The summed E-state index contributed by atoms with van der Waals surface area (Å²) in [5, 5.41) is 14.2. The van der Waals surface area contributed by atoms with Crippen molar-refractivity contribution in [2.45, 2.75) is 107 Å². The van der Waals surface area contributed by atoms with Crippen LogP contribution < -0.4 is 5.32 Å². The van der Waals surface area contributed by atoms with Crippen LogP contribution in [-0.4, -0.2) is 33.6 Å². The summed E-state index contributed by atoms with van der Waals surface area (Å²) in [6.07, 6.45) is 15.8. The van der Waals surface area contributed by atoms with Gasteiger partial charge >= 0.3 is 10.2 Å². The Morgan fingerprint density at radius 3 is 1.88 bits per heavy atom. The van der Waals surface area contributed by atoms with E-state index in [1.165, 1.54) is 63.9 Å². The van der Waals surface area contributed by atoms with Crippen molar-refractivity contribution in [2.24, 2.45) is 0 Å². The molecule has 0 aliphatic carbocycles. The number of unbranched alkanes of at least 4 members (excludes halogenated alkanes) is 13. The third-order valence-electron chi connectivity index (χ3n) is 7.73. The molecule has 0 aliphatic rings. The average Bonchev–Trinajstić information content (AvgIpc) is 2.97. The maximum atomic E-state index is 13.8. The molecule has 0 aliphatic heterocycles. The molecule has 0 aromatic heterocycles. The summed E-state index contributed by atoms with van der Waals surface area (Å²) in [6, 6.07) is 12.5. The van der Waals surface area contributed by atoms with Gasteiger partial charge in [-0.3, -0.25) is 4.79 Å². The summed E-state index contributed by atoms with van der Waals surface area (Å²) in [4.78, 5) is 12.0. The van der Waals surface area contributed by atoms with Crippen molar-refractivity contribution in [3.05, 3.63) is 60.2 Å². The van der Waals surface area contributed by atoms with Crippen LogP contribution in [-0.2, 0) is 20.1 Å². The lowest BCUT2D eigenvalue weighted by atomic mass is 10.0. The summed E-state index contributed by atoms with van der Waals surface area (Å²) in [5.41, 5.74) is -0.496. The van der Waals surface area contributed by atoms with Gasteiger partial charge in [0.1, 0.15) is 10.6 Å². The highest BCUT2D eigenvalue weighted by atomic mass is 32.3. The quantitative estimate of drug-likeness (QED) is 0.101. The Bertz CT molecular complexity index is 1570. The number of rotatable bonds is 19. The second kappa shape index (κ2) is 16.8. The van der Waals surface area contributed by atoms with E-state index < -0.39 is 30.9 Å². The highest BCUT2D eigenvalue weighted by Gasteiger charge is 2.24. The van der Waals surface area contributed by atoms with Gasteiger partial charge in [-0.2, -0.15) is 8.42 Å². The monoisotopic (exact) mass is 633 g/mol. The minimum atomic E-state index is -5.16. The van der Waals surface area contributed by atoms with Crippen LogP contribution in [0.3, 0.4) is 0 Å². The first-order chi connectivity index (χ1) is 20.5. The van der Waals surface area contributed by atoms with Gasteiger partial charge in [0.25, 0.3) is 5.91 Å². The number of anilines is 1. The molecule has 0 bridgehead atoms. The highest BCUT2D eigenvalue weighted by Crippen LogP contribution is 2.32. The second-order valence-electron chi connectivity index (χ2n) is 11.1. The third-order valence-corrected chi connectivity index (χ3v) is 10.4. The number of carbonyl (C=O) groups excluding carboxylic acids is 1. The van der Waals surface area contributed by atoms with Gasteiger partial charge < -0.3 is 10.4 Å². The minimum Gasteiger partial charge on any atom is -0.506 e. The van der Waals surface area contributed by atoms with Gasteiger partial charge in [-0.1, -0.05) is 121 Å². The zero-order chi connectivity index (χ0) is 31.3. The van der Waals surface area contributed by atoms with Crippen molar-refractivity contribution in [3.63, 3.8) is 0 Å². The molecule has 0 saturated heterocycles. The molecular weight excluding hydrogens is 589 g/mol. The third kappa shape index (κ3) is 10.6. The molecule has 0 radical (unpaired) electrons. The van der Waals surface area contributed by atoms with E-state index in [4.69, 9.17) is 0 Å². The number of aromatic hydroxyl groups is 1. The number of hydrogen-bond acceptors (Lipinski definition) is 6. The number of benzene rings is 3. The zero-order valence-electron chi connectivity index (χ0n) is 25.0. The van der Waals surface area contributed by atoms with Crippen LogP contribution in [0.15, 0.2) is 64.4 Å². The Hall–Kier alpha value is -2.98. The number of phenols is 1. The topological polar surface area (TPSA) is 118 Å². The van der Waals surface area contributed by atoms with E-state index in [9.17, 15) is 30.6 Å². The molecule has 7 nitrogen and oxygen atoms in total. The summed E-state index contributed by atoms with van der Waals surface area (Å²) in [7, 11) is -9.10. The van der Waals surface area contributed by atoms with Crippen LogP contribution in [0, 0.1) is 0 Å². The van der Waals surface area contributed by atoms with E-state index in [1.54, 1.807) is 30.3 Å². The summed E-state index contributed by atoms with van der Waals surface area (Å²) < 4.78 is 63.4. The van der Waals surface area contributed by atoms with Crippen LogP contribution in [0.2, 0.25) is 0 Å². The summed E-state index contributed by atoms with van der Waals surface area (Å²) >= 11 is 0. The molecule has 2 N–H and O–H groups in total. The van der Waals surface area contributed by atoms with E-state index in [1.807, 2.05) is 0 Å². The van der Waals surface area contributed by atoms with Gasteiger partial charge in [0, 0.05) is 5.39 Å². The lowest BCUT2D eigenvalue weighted by Crippen LogP contribution is -2.17. The van der Waals surface area contributed by atoms with Gasteiger partial charge in [-0.15, -0.1) is 3.89 Å². The van der Waals surface area contributed by atoms with Crippen LogP contribution >= 0.6 is 0 Å². The first-order valence-corrected chi connectivity index (χ1v) is 18.4. The van der Waals surface area contributed by atoms with Crippen molar-refractivity contribution in [1.29, 1.82) is 0 Å². The van der Waals surface area contributed by atoms with Crippen LogP contribution in [0.1, 0.15) is 107 Å². The lowest BCUT2D eigenvalue weighted by molar-refractivity contribution is 0.102. The van der Waals surface area contributed by atoms with E-state index in [2.05, 4.69) is 12.2 Å². The van der Waals surface area contributed by atoms with E-state index in [0.717, 1.165) is 43.9 Å². The normalized spacial score (nSPS) is 12.0. The predicted octanol–water partition coefficient (Wildman–Crippen LogP) is 8.71. The SMILES string of the molecule is CCCCCCCCCCCCCCCCS(=O)(=O)c1ccc(S(=O)(=O)F)cc1NC(=O)c1ccc2ccccc2c1O. The Labute approximate surface area is 256 Å². The van der Waals surface area contributed by atoms with Gasteiger partial charge in [0.2, 0.25) is 0 Å². The molecular formula is C33H44FNO6S2. The van der Waals surface area contributed by atoms with Crippen molar-refractivity contribution in [3.8, 4) is 5.75 Å². The molecule has 0 fully saturated rings. The first-order valence-electron chi connectivity index (χ1n) is 15.4. The van der Waals surface area contributed by atoms with Crippen molar-refractivity contribution in [1.82, 2.24) is 0 Å². The molecule has 236 valence electrons. The molecule has 3 aromatic carbocycles. The number of fused-ring (bicyclic) bond motifs is 1. The minimum absolute atomic E-state index is 0.137. The fourth-order valence-corrected chi connectivity index (χ4v) is 7.27. The molecule has 3 rings (SSSR count). The highest BCUT2D eigenvalue weighted by molar-refractivity contribution is 7.91. The maximum absolute atomic E-state index is 13.8. The van der Waals surface area contributed by atoms with Crippen LogP contribution in [0.25, 0.3) is 10.8 Å². The fraction of sp³-hybridized carbons (Fsp3) is 0.485. The number of amides is 1. The molecule has 0 unspecified atom stereocenters. The molecule has 1 amide bonds. The van der Waals surface area contributed by atoms with Gasteiger partial charge in [-0.05, 0) is 36.1 Å². The smallest absolute Gasteiger partial charge is 0.332 e. The Morgan fingerprint density at radius 2 is 1.30 bits per heavy atom. The fourth-order valence-electron chi connectivity index (χ4n) is 5.25. The van der Waals surface area contributed by atoms with E-state index in [0.29, 0.717) is 17.2 Å². The number of halogens is 1. The summed E-state index contributed by atoms with van der Waals surface area (Å²) in [6.45, 7) is 2.22. The molecule has 0 heterocycles. The van der Waals surface area contributed by atoms with E-state index in [-0.39, 0.29) is 27.6 Å². The van der Waals surface area contributed by atoms with Crippen molar-refractivity contribution < 1.29 is 30.6 Å². The van der Waals surface area contributed by atoms with Gasteiger partial charge in [0.05, 0.1) is 21.9 Å². The predicted molar refractivity (Wildman–Crippen MR) is 171 cm³/mol. The van der Waals surface area contributed by atoms with Gasteiger partial charge in [-0.25, -0.2) is 8.42 Å². The average molecular weight is 634 g/mol. The molecule has 10 heteroatoms. The molecule has 3 aromatic rings. The van der Waals surface area contributed by atoms with Crippen LogP contribution in [0.5, 0.6) is 5.75 Å². The second-order valence-corrected chi connectivity index (χ2v) is 14.6. The molecule has 43 heavy (non-hydrogen) atoms. The largest absolute Gasteiger partial charge is 0.506 e. The molecule has 0 spiro atoms. The number of hydrogen-bond donors (Lipinski definition) is 2. The number of carbonyl (C=O) groups is 1. The van der Waals surface area contributed by atoms with Crippen molar-refractivity contribution >= 4 is 42.4 Å². The number of phenolic OH excluding ortho intramolecular Hbond substituents is 1. The van der Waals surface area contributed by atoms with Gasteiger partial charge in [0.15, 0.2) is 9.84 Å². The Morgan fingerprint density at radius 1 is 0.744 bits per heavy atom. The Kier molecular flexibility index (Phi) is 13.4. The lowest BCUT2D eigenvalue weighted by Gasteiger charge is -2.14. The molecule has 0 saturated carbocycles. The molecule has 0 atom stereocenters. The van der Waals surface area contributed by atoms with Crippen molar-refractivity contribution in [2.75, 3.05) is 11.1 Å². The Balaban J connectivity index is 1.57.